The fraction of sp³-hybridized carbons (Fsp3) is 0.571. The number of nitrogens with one attached hydrogen (secondary N) is 1. The molecule has 1 aliphatic carbocycles. The third kappa shape index (κ3) is 3.44. The van der Waals surface area contributed by atoms with Gasteiger partial charge in [0.25, 0.3) is 5.91 Å². The molecule has 0 unspecified atom stereocenters. The normalized spacial score (nSPS) is 16.1. The van der Waals surface area contributed by atoms with Gasteiger partial charge in [-0.3, -0.25) is 9.78 Å². The van der Waals surface area contributed by atoms with E-state index in [4.69, 9.17) is 10.5 Å². The van der Waals surface area contributed by atoms with Gasteiger partial charge in [0.2, 0.25) is 0 Å². The summed E-state index contributed by atoms with van der Waals surface area (Å²) >= 11 is 0. The van der Waals surface area contributed by atoms with E-state index < -0.39 is 0 Å². The molecule has 104 valence electrons. The van der Waals surface area contributed by atoms with Crippen molar-refractivity contribution in [2.24, 2.45) is 5.41 Å². The Bertz CT molecular complexity index is 470. The van der Waals surface area contributed by atoms with E-state index >= 15 is 0 Å². The van der Waals surface area contributed by atoms with Gasteiger partial charge in [-0.15, -0.1) is 0 Å². The zero-order chi connectivity index (χ0) is 13.9. The molecule has 3 N–H and O–H groups in total. The van der Waals surface area contributed by atoms with Gasteiger partial charge in [0, 0.05) is 20.3 Å². The fourth-order valence-electron chi connectivity index (χ4n) is 2.15. The first-order chi connectivity index (χ1) is 9.06. The molecule has 0 saturated heterocycles. The lowest BCUT2D eigenvalue weighted by Gasteiger charge is -2.16. The van der Waals surface area contributed by atoms with Crippen LogP contribution in [-0.4, -0.2) is 31.2 Å². The van der Waals surface area contributed by atoms with Gasteiger partial charge in [0.05, 0.1) is 23.1 Å². The number of nitrogen functional groups attached to an aromatic ring is 1. The summed E-state index contributed by atoms with van der Waals surface area (Å²) < 4.78 is 5.10. The van der Waals surface area contributed by atoms with Gasteiger partial charge in [-0.05, 0) is 37.7 Å². The predicted molar refractivity (Wildman–Crippen MR) is 73.9 cm³/mol. The summed E-state index contributed by atoms with van der Waals surface area (Å²) in [6.07, 6.45) is 4.88. The van der Waals surface area contributed by atoms with Crippen LogP contribution < -0.4 is 11.1 Å². The molecule has 5 heteroatoms. The number of carbonyl (C=O) groups is 1. The molecule has 1 aromatic rings. The first-order valence-corrected chi connectivity index (χ1v) is 6.56. The largest absolute Gasteiger partial charge is 0.397 e. The number of amides is 1. The monoisotopic (exact) mass is 263 g/mol. The average molecular weight is 263 g/mol. The van der Waals surface area contributed by atoms with Crippen molar-refractivity contribution in [2.75, 3.05) is 26.0 Å². The highest BCUT2D eigenvalue weighted by molar-refractivity contribution is 5.95. The maximum atomic E-state index is 12.1. The average Bonchev–Trinajstić information content (AvgIpc) is 3.17. The lowest BCUT2D eigenvalue weighted by Crippen LogP contribution is -2.31. The second kappa shape index (κ2) is 5.57. The minimum absolute atomic E-state index is 0.0963. The van der Waals surface area contributed by atoms with Crippen molar-refractivity contribution in [1.29, 1.82) is 0 Å². The van der Waals surface area contributed by atoms with E-state index in [0.717, 1.165) is 25.9 Å². The maximum Gasteiger partial charge on any atom is 0.253 e. The van der Waals surface area contributed by atoms with Crippen LogP contribution in [0, 0.1) is 12.3 Å². The number of aromatic nitrogens is 1. The summed E-state index contributed by atoms with van der Waals surface area (Å²) in [6, 6.07) is 1.67. The van der Waals surface area contributed by atoms with Crippen LogP contribution in [0.2, 0.25) is 0 Å². The Kier molecular flexibility index (Phi) is 4.04. The Morgan fingerprint density at radius 3 is 2.95 bits per heavy atom. The molecule has 1 heterocycles. The third-order valence-electron chi connectivity index (χ3n) is 3.77. The zero-order valence-electron chi connectivity index (χ0n) is 11.5. The number of aryl methyl sites for hydroxylation is 1. The van der Waals surface area contributed by atoms with Crippen molar-refractivity contribution in [3.63, 3.8) is 0 Å². The van der Waals surface area contributed by atoms with Crippen molar-refractivity contribution in [3.8, 4) is 0 Å². The van der Waals surface area contributed by atoms with Crippen molar-refractivity contribution < 1.29 is 9.53 Å². The molecular formula is C14H21N3O2. The fourth-order valence-corrected chi connectivity index (χ4v) is 2.15. The molecule has 0 atom stereocenters. The highest BCUT2D eigenvalue weighted by atomic mass is 16.5. The number of nitrogens with zero attached hydrogens (tertiary/aromatic N) is 1. The molecule has 5 nitrogen and oxygen atoms in total. The third-order valence-corrected chi connectivity index (χ3v) is 3.77. The van der Waals surface area contributed by atoms with Crippen LogP contribution in [0.3, 0.4) is 0 Å². The Morgan fingerprint density at radius 1 is 1.58 bits per heavy atom. The molecule has 19 heavy (non-hydrogen) atoms. The van der Waals surface area contributed by atoms with Crippen LogP contribution in [0.5, 0.6) is 0 Å². The number of pyridine rings is 1. The van der Waals surface area contributed by atoms with E-state index in [1.54, 1.807) is 19.4 Å². The van der Waals surface area contributed by atoms with Gasteiger partial charge >= 0.3 is 0 Å². The maximum absolute atomic E-state index is 12.1. The topological polar surface area (TPSA) is 77.2 Å². The lowest BCUT2D eigenvalue weighted by molar-refractivity contribution is 0.0937. The molecule has 0 spiro atoms. The zero-order valence-corrected chi connectivity index (χ0v) is 11.5. The Morgan fingerprint density at radius 2 is 2.32 bits per heavy atom. The number of rotatable bonds is 6. The van der Waals surface area contributed by atoms with Gasteiger partial charge in [-0.25, -0.2) is 0 Å². The SMILES string of the molecule is COCCC1(CNC(=O)c2cc(N)cnc2C)CC1. The lowest BCUT2D eigenvalue weighted by atomic mass is 10.0. The number of methoxy groups -OCH3 is 1. The first kappa shape index (κ1) is 13.8. The summed E-state index contributed by atoms with van der Waals surface area (Å²) in [5, 5.41) is 2.99. The van der Waals surface area contributed by atoms with E-state index in [1.165, 1.54) is 0 Å². The van der Waals surface area contributed by atoms with Gasteiger partial charge in [-0.2, -0.15) is 0 Å². The van der Waals surface area contributed by atoms with Crippen LogP contribution in [0.4, 0.5) is 5.69 Å². The quantitative estimate of drug-likeness (QED) is 0.815. The van der Waals surface area contributed by atoms with E-state index in [9.17, 15) is 4.79 Å². The van der Waals surface area contributed by atoms with Crippen molar-refractivity contribution >= 4 is 11.6 Å². The summed E-state index contributed by atoms with van der Waals surface area (Å²) in [4.78, 5) is 16.2. The molecule has 0 aromatic carbocycles. The summed E-state index contributed by atoms with van der Waals surface area (Å²) in [6.45, 7) is 3.25. The van der Waals surface area contributed by atoms with Crippen molar-refractivity contribution in [2.45, 2.75) is 26.2 Å². The number of hydrogen-bond donors (Lipinski definition) is 2. The Labute approximate surface area is 113 Å². The standard InChI is InChI=1S/C14H21N3O2/c1-10-12(7-11(15)8-16-10)13(18)17-9-14(3-4-14)5-6-19-2/h7-8H,3-6,9,15H2,1-2H3,(H,17,18). The Balaban J connectivity index is 1.93. The molecule has 1 aliphatic rings. The molecule has 1 amide bonds. The highest BCUT2D eigenvalue weighted by Crippen LogP contribution is 2.48. The smallest absolute Gasteiger partial charge is 0.253 e. The minimum atomic E-state index is -0.0963. The van der Waals surface area contributed by atoms with Gasteiger partial charge < -0.3 is 15.8 Å². The Hall–Kier alpha value is -1.62. The van der Waals surface area contributed by atoms with Crippen LogP contribution in [0.25, 0.3) is 0 Å². The van der Waals surface area contributed by atoms with E-state index in [0.29, 0.717) is 23.5 Å². The van der Waals surface area contributed by atoms with E-state index in [1.807, 2.05) is 6.92 Å². The second-order valence-electron chi connectivity index (χ2n) is 5.33. The molecule has 0 aliphatic heterocycles. The molecule has 1 fully saturated rings. The minimum Gasteiger partial charge on any atom is -0.397 e. The molecule has 0 bridgehead atoms. The van der Waals surface area contributed by atoms with Gasteiger partial charge in [0.1, 0.15) is 0 Å². The van der Waals surface area contributed by atoms with Crippen LogP contribution in [0.1, 0.15) is 35.3 Å². The van der Waals surface area contributed by atoms with E-state index in [2.05, 4.69) is 10.3 Å². The second-order valence-corrected chi connectivity index (χ2v) is 5.33. The number of carbonyl (C=O) groups excluding carboxylic acids is 1. The molecule has 2 rings (SSSR count). The predicted octanol–water partition coefficient (Wildman–Crippen LogP) is 1.52. The van der Waals surface area contributed by atoms with Crippen molar-refractivity contribution in [3.05, 3.63) is 23.5 Å². The van der Waals surface area contributed by atoms with E-state index in [-0.39, 0.29) is 11.3 Å². The summed E-state index contributed by atoms with van der Waals surface area (Å²) in [7, 11) is 1.70. The molecule has 1 aromatic heterocycles. The highest BCUT2D eigenvalue weighted by Gasteiger charge is 2.42. The first-order valence-electron chi connectivity index (χ1n) is 6.56. The van der Waals surface area contributed by atoms with Gasteiger partial charge in [0.15, 0.2) is 0 Å². The number of ether oxygens (including phenoxy) is 1. The molecular weight excluding hydrogens is 242 g/mol. The van der Waals surface area contributed by atoms with Crippen LogP contribution in [0.15, 0.2) is 12.3 Å². The van der Waals surface area contributed by atoms with Crippen molar-refractivity contribution in [1.82, 2.24) is 10.3 Å². The molecule has 0 radical (unpaired) electrons. The summed E-state index contributed by atoms with van der Waals surface area (Å²) in [5.41, 5.74) is 7.68. The number of anilines is 1. The summed E-state index contributed by atoms with van der Waals surface area (Å²) in [5.74, 6) is -0.0963. The van der Waals surface area contributed by atoms with Crippen LogP contribution in [-0.2, 0) is 4.74 Å². The molecule has 1 saturated carbocycles. The number of hydrogen-bond acceptors (Lipinski definition) is 4. The number of nitrogens with two attached hydrogens (primary N) is 1. The van der Waals surface area contributed by atoms with Crippen LogP contribution >= 0.6 is 0 Å². The van der Waals surface area contributed by atoms with Gasteiger partial charge in [-0.1, -0.05) is 0 Å².